The highest BCUT2D eigenvalue weighted by Crippen LogP contribution is 2.20. The van der Waals surface area contributed by atoms with Crippen LogP contribution in [0.3, 0.4) is 0 Å². The first-order chi connectivity index (χ1) is 10.7. The fraction of sp³-hybridized carbons (Fsp3) is 0.467. The summed E-state index contributed by atoms with van der Waals surface area (Å²) in [6.45, 7) is 4.03. The molecule has 0 saturated carbocycles. The van der Waals surface area contributed by atoms with Gasteiger partial charge in [0.25, 0.3) is 0 Å². The lowest BCUT2D eigenvalue weighted by Crippen LogP contribution is -2.39. The largest absolute Gasteiger partial charge is 0.366 e. The van der Waals surface area contributed by atoms with E-state index in [4.69, 9.17) is 11.6 Å². The minimum atomic E-state index is 0.386. The van der Waals surface area contributed by atoms with E-state index in [0.29, 0.717) is 11.2 Å². The first-order valence-electron chi connectivity index (χ1n) is 7.54. The van der Waals surface area contributed by atoms with Crippen LogP contribution >= 0.6 is 11.6 Å². The molecule has 7 heteroatoms. The molecule has 3 rings (SSSR count). The van der Waals surface area contributed by atoms with Gasteiger partial charge < -0.3 is 10.2 Å². The number of anilines is 2. The van der Waals surface area contributed by atoms with Crippen LogP contribution in [0.25, 0.3) is 0 Å². The molecule has 2 aromatic rings. The number of hydrogen-bond donors (Lipinski definition) is 1. The van der Waals surface area contributed by atoms with Crippen molar-refractivity contribution < 1.29 is 0 Å². The Kier molecular flexibility index (Phi) is 4.68. The van der Waals surface area contributed by atoms with Gasteiger partial charge in [0.1, 0.15) is 23.1 Å². The van der Waals surface area contributed by atoms with Gasteiger partial charge in [0.05, 0.1) is 12.4 Å². The van der Waals surface area contributed by atoms with Crippen molar-refractivity contribution in [2.24, 2.45) is 0 Å². The Balaban J connectivity index is 1.58. The standard InChI is InChI=1S/C15H19ClN6/c1-2-11-7-15(19-10-18-11)22-5-3-12(4-6-22)20-14-9-17-8-13(16)21-14/h7-10,12H,2-6H2,1H3,(H,20,21). The molecule has 1 N–H and O–H groups in total. The van der Waals surface area contributed by atoms with Gasteiger partial charge in [-0.2, -0.15) is 0 Å². The molecule has 0 atom stereocenters. The van der Waals surface area contributed by atoms with Crippen molar-refractivity contribution in [3.63, 3.8) is 0 Å². The second-order valence-corrected chi connectivity index (χ2v) is 5.74. The molecule has 0 spiro atoms. The minimum absolute atomic E-state index is 0.386. The molecule has 0 aromatic carbocycles. The number of nitrogens with one attached hydrogen (secondary N) is 1. The molecule has 1 saturated heterocycles. The maximum atomic E-state index is 5.86. The van der Waals surface area contributed by atoms with Crippen LogP contribution in [0.2, 0.25) is 5.15 Å². The Bertz CT molecular complexity index is 627. The van der Waals surface area contributed by atoms with E-state index in [-0.39, 0.29) is 0 Å². The van der Waals surface area contributed by atoms with Crippen LogP contribution in [0.5, 0.6) is 0 Å². The zero-order chi connectivity index (χ0) is 15.4. The van der Waals surface area contributed by atoms with E-state index in [1.807, 2.05) is 0 Å². The monoisotopic (exact) mass is 318 g/mol. The summed E-state index contributed by atoms with van der Waals surface area (Å²) in [5.74, 6) is 1.76. The zero-order valence-electron chi connectivity index (χ0n) is 12.5. The van der Waals surface area contributed by atoms with Crippen molar-refractivity contribution in [2.45, 2.75) is 32.2 Å². The maximum absolute atomic E-state index is 5.86. The van der Waals surface area contributed by atoms with E-state index in [1.54, 1.807) is 12.5 Å². The first kappa shape index (κ1) is 15.0. The average Bonchev–Trinajstić information content (AvgIpc) is 2.56. The molecule has 3 heterocycles. The molecule has 1 aliphatic heterocycles. The summed E-state index contributed by atoms with van der Waals surface area (Å²) >= 11 is 5.86. The highest BCUT2D eigenvalue weighted by atomic mass is 35.5. The Hall–Kier alpha value is -1.95. The molecule has 6 nitrogen and oxygen atoms in total. The lowest BCUT2D eigenvalue weighted by molar-refractivity contribution is 0.522. The molecule has 2 aromatic heterocycles. The summed E-state index contributed by atoms with van der Waals surface area (Å²) in [6.07, 6.45) is 7.88. The van der Waals surface area contributed by atoms with Crippen LogP contribution in [-0.2, 0) is 6.42 Å². The number of hydrogen-bond acceptors (Lipinski definition) is 6. The van der Waals surface area contributed by atoms with Crippen molar-refractivity contribution in [1.29, 1.82) is 0 Å². The summed E-state index contributed by atoms with van der Waals surface area (Å²) in [6, 6.07) is 2.47. The summed E-state index contributed by atoms with van der Waals surface area (Å²) in [5.41, 5.74) is 1.08. The molecule has 22 heavy (non-hydrogen) atoms. The van der Waals surface area contributed by atoms with Gasteiger partial charge in [0.2, 0.25) is 0 Å². The van der Waals surface area contributed by atoms with E-state index >= 15 is 0 Å². The number of aromatic nitrogens is 4. The fourth-order valence-electron chi connectivity index (χ4n) is 2.63. The topological polar surface area (TPSA) is 66.8 Å². The molecule has 0 radical (unpaired) electrons. The van der Waals surface area contributed by atoms with Gasteiger partial charge in [-0.1, -0.05) is 18.5 Å². The summed E-state index contributed by atoms with van der Waals surface area (Å²) in [4.78, 5) is 19.2. The lowest BCUT2D eigenvalue weighted by Gasteiger charge is -2.33. The quantitative estimate of drug-likeness (QED) is 0.934. The molecule has 1 aliphatic rings. The normalized spacial score (nSPS) is 15.8. The van der Waals surface area contributed by atoms with Gasteiger partial charge in [0.15, 0.2) is 0 Å². The average molecular weight is 319 g/mol. The van der Waals surface area contributed by atoms with E-state index < -0.39 is 0 Å². The molecular formula is C15H19ClN6. The summed E-state index contributed by atoms with van der Waals surface area (Å²) in [5, 5.41) is 3.81. The fourth-order valence-corrected chi connectivity index (χ4v) is 2.77. The van der Waals surface area contributed by atoms with E-state index in [2.05, 4.69) is 43.1 Å². The molecule has 116 valence electrons. The van der Waals surface area contributed by atoms with Crippen LogP contribution in [-0.4, -0.2) is 39.1 Å². The number of nitrogens with zero attached hydrogens (tertiary/aromatic N) is 5. The highest BCUT2D eigenvalue weighted by Gasteiger charge is 2.20. The van der Waals surface area contributed by atoms with Crippen molar-refractivity contribution in [1.82, 2.24) is 19.9 Å². The lowest BCUT2D eigenvalue weighted by atomic mass is 10.1. The molecule has 0 aliphatic carbocycles. The number of piperidine rings is 1. The highest BCUT2D eigenvalue weighted by molar-refractivity contribution is 6.29. The number of halogens is 1. The predicted molar refractivity (Wildman–Crippen MR) is 87.3 cm³/mol. The van der Waals surface area contributed by atoms with Gasteiger partial charge in [-0.15, -0.1) is 0 Å². The van der Waals surface area contributed by atoms with Crippen molar-refractivity contribution in [3.8, 4) is 0 Å². The third-order valence-electron chi connectivity index (χ3n) is 3.85. The van der Waals surface area contributed by atoms with Gasteiger partial charge in [-0.3, -0.25) is 4.98 Å². The van der Waals surface area contributed by atoms with Crippen molar-refractivity contribution >= 4 is 23.2 Å². The second kappa shape index (κ2) is 6.87. The van der Waals surface area contributed by atoms with E-state index in [1.165, 1.54) is 6.20 Å². The number of rotatable bonds is 4. The number of aryl methyl sites for hydroxylation is 1. The van der Waals surface area contributed by atoms with Crippen LogP contribution in [0.4, 0.5) is 11.6 Å². The van der Waals surface area contributed by atoms with Gasteiger partial charge in [-0.25, -0.2) is 15.0 Å². The van der Waals surface area contributed by atoms with Crippen molar-refractivity contribution in [3.05, 3.63) is 35.6 Å². The molecule has 0 bridgehead atoms. The van der Waals surface area contributed by atoms with E-state index in [9.17, 15) is 0 Å². The maximum Gasteiger partial charge on any atom is 0.149 e. The minimum Gasteiger partial charge on any atom is -0.366 e. The molecule has 0 amide bonds. The Morgan fingerprint density at radius 1 is 1.27 bits per heavy atom. The second-order valence-electron chi connectivity index (χ2n) is 5.35. The van der Waals surface area contributed by atoms with Crippen LogP contribution in [0.15, 0.2) is 24.8 Å². The third kappa shape index (κ3) is 3.62. The van der Waals surface area contributed by atoms with Crippen LogP contribution in [0.1, 0.15) is 25.5 Å². The smallest absolute Gasteiger partial charge is 0.149 e. The van der Waals surface area contributed by atoms with Gasteiger partial charge >= 0.3 is 0 Å². The molecule has 0 unspecified atom stereocenters. The SMILES string of the molecule is CCc1cc(N2CCC(Nc3cncc(Cl)n3)CC2)ncn1. The van der Waals surface area contributed by atoms with Gasteiger partial charge in [0, 0.05) is 30.9 Å². The first-order valence-corrected chi connectivity index (χ1v) is 7.92. The molecular weight excluding hydrogens is 300 g/mol. The Morgan fingerprint density at radius 2 is 2.09 bits per heavy atom. The zero-order valence-corrected chi connectivity index (χ0v) is 13.3. The summed E-state index contributed by atoms with van der Waals surface area (Å²) in [7, 11) is 0. The predicted octanol–water partition coefficient (Wildman–Crippen LogP) is 2.56. The Morgan fingerprint density at radius 3 is 2.82 bits per heavy atom. The molecule has 1 fully saturated rings. The summed E-state index contributed by atoms with van der Waals surface area (Å²) < 4.78 is 0. The van der Waals surface area contributed by atoms with Crippen LogP contribution < -0.4 is 10.2 Å². The van der Waals surface area contributed by atoms with E-state index in [0.717, 1.165) is 49.7 Å². The third-order valence-corrected chi connectivity index (χ3v) is 4.03. The van der Waals surface area contributed by atoms with Crippen LogP contribution in [0, 0.1) is 0 Å². The Labute approximate surface area is 135 Å². The van der Waals surface area contributed by atoms with Crippen molar-refractivity contribution in [2.75, 3.05) is 23.3 Å². The van der Waals surface area contributed by atoms with Gasteiger partial charge in [-0.05, 0) is 19.3 Å².